The molecule has 0 saturated heterocycles. The van der Waals surface area contributed by atoms with E-state index in [-0.39, 0.29) is 5.91 Å². The number of pyridine rings is 1. The third-order valence-corrected chi connectivity index (χ3v) is 2.89. The second-order valence-corrected chi connectivity index (χ2v) is 4.47. The lowest BCUT2D eigenvalue weighted by Gasteiger charge is -2.08. The van der Waals surface area contributed by atoms with Gasteiger partial charge in [-0.25, -0.2) is 4.98 Å². The van der Waals surface area contributed by atoms with Crippen LogP contribution in [0.15, 0.2) is 12.1 Å². The van der Waals surface area contributed by atoms with E-state index in [9.17, 15) is 4.79 Å². The molecule has 0 aliphatic rings. The SMILES string of the molecule is CCNc1cc(C(=O)Nc2nnns2)cc(CC)n1. The molecule has 2 aromatic heterocycles. The fraction of sp³-hybridized carbons (Fsp3) is 0.364. The van der Waals surface area contributed by atoms with Gasteiger partial charge in [0, 0.05) is 29.3 Å². The molecule has 100 valence electrons. The number of carbonyl (C=O) groups excluding carboxylic acids is 1. The molecule has 1 amide bonds. The number of aryl methyl sites for hydroxylation is 1. The average Bonchev–Trinajstić information content (AvgIpc) is 2.91. The van der Waals surface area contributed by atoms with Crippen LogP contribution in [0.3, 0.4) is 0 Å². The molecule has 2 heterocycles. The summed E-state index contributed by atoms with van der Waals surface area (Å²) in [6.45, 7) is 4.73. The third kappa shape index (κ3) is 3.44. The highest BCUT2D eigenvalue weighted by atomic mass is 32.1. The van der Waals surface area contributed by atoms with Crippen molar-refractivity contribution in [3.8, 4) is 0 Å². The Hall–Kier alpha value is -2.09. The molecule has 2 N–H and O–H groups in total. The van der Waals surface area contributed by atoms with Gasteiger partial charge in [-0.05, 0) is 30.7 Å². The largest absolute Gasteiger partial charge is 0.370 e. The number of nitrogens with one attached hydrogen (secondary N) is 2. The summed E-state index contributed by atoms with van der Waals surface area (Å²) in [5.74, 6) is 0.456. The lowest BCUT2D eigenvalue weighted by molar-refractivity contribution is 0.102. The summed E-state index contributed by atoms with van der Waals surface area (Å²) in [4.78, 5) is 16.5. The molecule has 0 atom stereocenters. The zero-order valence-corrected chi connectivity index (χ0v) is 11.5. The summed E-state index contributed by atoms with van der Waals surface area (Å²) < 4.78 is 3.59. The number of aromatic nitrogens is 4. The van der Waals surface area contributed by atoms with E-state index >= 15 is 0 Å². The van der Waals surface area contributed by atoms with Crippen molar-refractivity contribution in [1.82, 2.24) is 19.8 Å². The molecule has 0 bridgehead atoms. The molecule has 2 rings (SSSR count). The Kier molecular flexibility index (Phi) is 4.35. The van der Waals surface area contributed by atoms with Crippen LogP contribution in [0.4, 0.5) is 10.9 Å². The van der Waals surface area contributed by atoms with E-state index in [0.29, 0.717) is 16.5 Å². The standard InChI is InChI=1S/C11H14N6OS/c1-3-8-5-7(6-9(13-8)12-4-2)10(18)14-11-15-16-17-19-11/h5-6H,3-4H2,1-2H3,(H,12,13)(H,14,15,17,18). The van der Waals surface area contributed by atoms with Crippen LogP contribution in [0.1, 0.15) is 29.9 Å². The summed E-state index contributed by atoms with van der Waals surface area (Å²) in [6.07, 6.45) is 0.764. The van der Waals surface area contributed by atoms with E-state index in [4.69, 9.17) is 0 Å². The average molecular weight is 278 g/mol. The van der Waals surface area contributed by atoms with Crippen molar-refractivity contribution in [3.63, 3.8) is 0 Å². The van der Waals surface area contributed by atoms with E-state index in [2.05, 4.69) is 30.4 Å². The predicted molar refractivity (Wildman–Crippen MR) is 73.4 cm³/mol. The Labute approximate surface area is 114 Å². The van der Waals surface area contributed by atoms with Gasteiger partial charge in [0.2, 0.25) is 5.13 Å². The number of hydrogen-bond acceptors (Lipinski definition) is 7. The van der Waals surface area contributed by atoms with Gasteiger partial charge in [0.15, 0.2) is 0 Å². The van der Waals surface area contributed by atoms with Crippen LogP contribution >= 0.6 is 11.5 Å². The number of hydrogen-bond donors (Lipinski definition) is 2. The van der Waals surface area contributed by atoms with Crippen molar-refractivity contribution in [1.29, 1.82) is 0 Å². The smallest absolute Gasteiger partial charge is 0.257 e. The lowest BCUT2D eigenvalue weighted by atomic mass is 10.2. The monoisotopic (exact) mass is 278 g/mol. The first kappa shape index (κ1) is 13.3. The Bertz CT molecular complexity index is 556. The first-order valence-corrected chi connectivity index (χ1v) is 6.71. The van der Waals surface area contributed by atoms with Gasteiger partial charge in [0.1, 0.15) is 5.82 Å². The van der Waals surface area contributed by atoms with Gasteiger partial charge in [-0.3, -0.25) is 10.1 Å². The highest BCUT2D eigenvalue weighted by molar-refractivity contribution is 7.09. The number of rotatable bonds is 5. The molecular formula is C11H14N6OS. The van der Waals surface area contributed by atoms with Crippen molar-refractivity contribution >= 4 is 28.4 Å². The van der Waals surface area contributed by atoms with E-state index in [1.807, 2.05) is 13.8 Å². The zero-order valence-electron chi connectivity index (χ0n) is 10.7. The molecule has 0 aliphatic heterocycles. The van der Waals surface area contributed by atoms with E-state index in [0.717, 1.165) is 30.2 Å². The molecule has 0 aromatic carbocycles. The lowest BCUT2D eigenvalue weighted by Crippen LogP contribution is -2.13. The minimum Gasteiger partial charge on any atom is -0.370 e. The van der Waals surface area contributed by atoms with Crippen LogP contribution in [0.25, 0.3) is 0 Å². The van der Waals surface area contributed by atoms with Gasteiger partial charge in [-0.1, -0.05) is 16.5 Å². The van der Waals surface area contributed by atoms with Gasteiger partial charge in [0.05, 0.1) is 0 Å². The minimum absolute atomic E-state index is 0.241. The quantitative estimate of drug-likeness (QED) is 0.862. The summed E-state index contributed by atoms with van der Waals surface area (Å²) in [5.41, 5.74) is 1.40. The highest BCUT2D eigenvalue weighted by Crippen LogP contribution is 2.14. The molecule has 0 fully saturated rings. The van der Waals surface area contributed by atoms with Crippen LogP contribution in [-0.4, -0.2) is 32.2 Å². The van der Waals surface area contributed by atoms with E-state index in [1.165, 1.54) is 0 Å². The Morgan fingerprint density at radius 1 is 1.37 bits per heavy atom. The Morgan fingerprint density at radius 3 is 2.84 bits per heavy atom. The maximum absolute atomic E-state index is 12.1. The number of anilines is 2. The number of amides is 1. The summed E-state index contributed by atoms with van der Waals surface area (Å²) in [7, 11) is 0. The molecule has 0 radical (unpaired) electrons. The van der Waals surface area contributed by atoms with Gasteiger partial charge in [0.25, 0.3) is 5.91 Å². The topological polar surface area (TPSA) is 92.7 Å². The Balaban J connectivity index is 2.22. The Morgan fingerprint density at radius 2 is 2.21 bits per heavy atom. The van der Waals surface area contributed by atoms with Crippen molar-refractivity contribution in [2.75, 3.05) is 17.2 Å². The van der Waals surface area contributed by atoms with Crippen molar-refractivity contribution in [2.24, 2.45) is 0 Å². The summed E-state index contributed by atoms with van der Waals surface area (Å²) >= 11 is 1.03. The van der Waals surface area contributed by atoms with Gasteiger partial charge in [-0.2, -0.15) is 0 Å². The van der Waals surface area contributed by atoms with Crippen molar-refractivity contribution in [2.45, 2.75) is 20.3 Å². The second-order valence-electron chi connectivity index (χ2n) is 3.74. The van der Waals surface area contributed by atoms with Crippen LogP contribution in [0.2, 0.25) is 0 Å². The normalized spacial score (nSPS) is 10.2. The molecule has 0 aliphatic carbocycles. The maximum Gasteiger partial charge on any atom is 0.257 e. The second kappa shape index (κ2) is 6.19. The number of carbonyl (C=O) groups is 1. The zero-order chi connectivity index (χ0) is 13.7. The highest BCUT2D eigenvalue weighted by Gasteiger charge is 2.11. The fourth-order valence-corrected chi connectivity index (χ4v) is 1.88. The van der Waals surface area contributed by atoms with Gasteiger partial charge >= 0.3 is 0 Å². The summed E-state index contributed by atoms with van der Waals surface area (Å²) in [6, 6.07) is 3.48. The third-order valence-electron chi connectivity index (χ3n) is 2.38. The molecule has 8 heteroatoms. The van der Waals surface area contributed by atoms with Gasteiger partial charge in [-0.15, -0.1) is 0 Å². The molecule has 0 unspecified atom stereocenters. The molecular weight excluding hydrogens is 264 g/mol. The van der Waals surface area contributed by atoms with E-state index in [1.54, 1.807) is 12.1 Å². The predicted octanol–water partition coefficient (Wildman–Crippen LogP) is 1.57. The van der Waals surface area contributed by atoms with Crippen LogP contribution < -0.4 is 10.6 Å². The number of nitrogens with zero attached hydrogens (tertiary/aromatic N) is 4. The van der Waals surface area contributed by atoms with Crippen molar-refractivity contribution in [3.05, 3.63) is 23.4 Å². The maximum atomic E-state index is 12.1. The van der Waals surface area contributed by atoms with Gasteiger partial charge < -0.3 is 5.32 Å². The molecule has 0 saturated carbocycles. The fourth-order valence-electron chi connectivity index (χ4n) is 1.52. The van der Waals surface area contributed by atoms with Crippen LogP contribution in [0.5, 0.6) is 0 Å². The summed E-state index contributed by atoms with van der Waals surface area (Å²) in [5, 5.41) is 13.2. The molecule has 19 heavy (non-hydrogen) atoms. The minimum atomic E-state index is -0.241. The van der Waals surface area contributed by atoms with Crippen LogP contribution in [-0.2, 0) is 6.42 Å². The first-order valence-electron chi connectivity index (χ1n) is 5.94. The van der Waals surface area contributed by atoms with Crippen LogP contribution in [0, 0.1) is 0 Å². The first-order chi connectivity index (χ1) is 9.22. The van der Waals surface area contributed by atoms with Crippen molar-refractivity contribution < 1.29 is 4.79 Å². The van der Waals surface area contributed by atoms with E-state index < -0.39 is 0 Å². The molecule has 2 aromatic rings. The molecule has 7 nitrogen and oxygen atoms in total. The molecule has 0 spiro atoms.